The fourth-order valence-corrected chi connectivity index (χ4v) is 3.47. The van der Waals surface area contributed by atoms with E-state index in [2.05, 4.69) is 5.32 Å². The van der Waals surface area contributed by atoms with Crippen molar-refractivity contribution in [1.82, 2.24) is 5.32 Å². The summed E-state index contributed by atoms with van der Waals surface area (Å²) < 4.78 is 25.7. The predicted molar refractivity (Wildman–Crippen MR) is 95.3 cm³/mol. The lowest BCUT2D eigenvalue weighted by Crippen LogP contribution is -2.51. The van der Waals surface area contributed by atoms with E-state index in [-0.39, 0.29) is 17.9 Å². The van der Waals surface area contributed by atoms with Crippen LogP contribution in [0, 0.1) is 5.92 Å². The Labute approximate surface area is 144 Å². The van der Waals surface area contributed by atoms with Gasteiger partial charge >= 0.3 is 0 Å². The predicted octanol–water partition coefficient (Wildman–Crippen LogP) is 3.05. The summed E-state index contributed by atoms with van der Waals surface area (Å²) in [5, 5.41) is 3.40. The minimum Gasteiger partial charge on any atom is -0.352 e. The minimum absolute atomic E-state index is 0.0387. The quantitative estimate of drug-likeness (QED) is 0.812. The monoisotopic (exact) mass is 360 g/mol. The first-order valence-electron chi connectivity index (χ1n) is 7.63. The highest BCUT2D eigenvalue weighted by atomic mass is 35.5. The first-order chi connectivity index (χ1) is 10.6. The Morgan fingerprint density at radius 3 is 2.13 bits per heavy atom. The van der Waals surface area contributed by atoms with E-state index in [0.29, 0.717) is 17.1 Å². The van der Waals surface area contributed by atoms with Gasteiger partial charge in [-0.2, -0.15) is 0 Å². The van der Waals surface area contributed by atoms with E-state index >= 15 is 0 Å². The Hall–Kier alpha value is -1.27. The third kappa shape index (κ3) is 5.39. The molecule has 23 heavy (non-hydrogen) atoms. The number of anilines is 1. The highest BCUT2D eigenvalue weighted by molar-refractivity contribution is 7.92. The maximum absolute atomic E-state index is 12.6. The number of rotatable bonds is 7. The third-order valence-electron chi connectivity index (χ3n) is 3.78. The van der Waals surface area contributed by atoms with E-state index in [0.717, 1.165) is 10.6 Å². The SMILES string of the molecule is CC[C@@H](C(=O)N[C@H](C)C(C)C)N(c1ccc(Cl)cc1)S(C)(=O)=O. The topological polar surface area (TPSA) is 66.5 Å². The zero-order chi connectivity index (χ0) is 17.8. The van der Waals surface area contributed by atoms with Crippen LogP contribution in [0.3, 0.4) is 0 Å². The van der Waals surface area contributed by atoms with Crippen molar-refractivity contribution in [3.05, 3.63) is 29.3 Å². The van der Waals surface area contributed by atoms with Gasteiger partial charge in [0.05, 0.1) is 11.9 Å². The van der Waals surface area contributed by atoms with Crippen molar-refractivity contribution in [2.45, 2.75) is 46.2 Å². The lowest BCUT2D eigenvalue weighted by Gasteiger charge is -2.31. The van der Waals surface area contributed by atoms with E-state index < -0.39 is 16.1 Å². The molecule has 0 heterocycles. The van der Waals surface area contributed by atoms with Crippen LogP contribution in [0.4, 0.5) is 5.69 Å². The second-order valence-corrected chi connectivity index (χ2v) is 8.30. The fourth-order valence-electron chi connectivity index (χ4n) is 2.14. The second-order valence-electron chi connectivity index (χ2n) is 6.00. The van der Waals surface area contributed by atoms with Gasteiger partial charge in [0.15, 0.2) is 0 Å². The number of carbonyl (C=O) groups is 1. The molecule has 5 nitrogen and oxygen atoms in total. The number of sulfonamides is 1. The number of benzene rings is 1. The van der Waals surface area contributed by atoms with Crippen LogP contribution < -0.4 is 9.62 Å². The number of nitrogens with one attached hydrogen (secondary N) is 1. The molecule has 0 aliphatic carbocycles. The van der Waals surface area contributed by atoms with Crippen LogP contribution in [-0.2, 0) is 14.8 Å². The molecule has 0 fully saturated rings. The lowest BCUT2D eigenvalue weighted by molar-refractivity contribution is -0.123. The van der Waals surface area contributed by atoms with Crippen LogP contribution in [0.2, 0.25) is 5.02 Å². The Morgan fingerprint density at radius 2 is 1.74 bits per heavy atom. The Kier molecular flexibility index (Phi) is 6.89. The first kappa shape index (κ1) is 19.8. The number of carbonyl (C=O) groups excluding carboxylic acids is 1. The van der Waals surface area contributed by atoms with Crippen LogP contribution >= 0.6 is 11.6 Å². The zero-order valence-corrected chi connectivity index (χ0v) is 15.8. The molecule has 0 saturated heterocycles. The molecular formula is C16H25ClN2O3S. The van der Waals surface area contributed by atoms with Gasteiger partial charge in [-0.05, 0) is 43.5 Å². The molecule has 0 spiro atoms. The minimum atomic E-state index is -3.61. The smallest absolute Gasteiger partial charge is 0.244 e. The van der Waals surface area contributed by atoms with Crippen LogP contribution in [0.25, 0.3) is 0 Å². The molecule has 0 saturated carbocycles. The van der Waals surface area contributed by atoms with Gasteiger partial charge in [0.2, 0.25) is 15.9 Å². The van der Waals surface area contributed by atoms with Gasteiger partial charge in [-0.3, -0.25) is 9.10 Å². The summed E-state index contributed by atoms with van der Waals surface area (Å²) in [6.45, 7) is 7.69. The third-order valence-corrected chi connectivity index (χ3v) is 5.21. The number of hydrogen-bond donors (Lipinski definition) is 1. The van der Waals surface area contributed by atoms with Crippen molar-refractivity contribution >= 4 is 33.2 Å². The molecule has 7 heteroatoms. The fraction of sp³-hybridized carbons (Fsp3) is 0.562. The summed E-state index contributed by atoms with van der Waals surface area (Å²) in [6.07, 6.45) is 1.47. The molecule has 0 aliphatic rings. The highest BCUT2D eigenvalue weighted by Gasteiger charge is 2.32. The number of nitrogens with zero attached hydrogens (tertiary/aromatic N) is 1. The van der Waals surface area contributed by atoms with Crippen molar-refractivity contribution in [3.63, 3.8) is 0 Å². The zero-order valence-electron chi connectivity index (χ0n) is 14.2. The second kappa shape index (κ2) is 8.02. The Balaban J connectivity index is 3.18. The van der Waals surface area contributed by atoms with Gasteiger partial charge in [-0.25, -0.2) is 8.42 Å². The molecule has 2 atom stereocenters. The Morgan fingerprint density at radius 1 is 1.22 bits per heavy atom. The van der Waals surface area contributed by atoms with Crippen LogP contribution in [0.5, 0.6) is 0 Å². The normalized spacial score (nSPS) is 14.4. The Bertz CT molecular complexity index is 629. The van der Waals surface area contributed by atoms with Crippen molar-refractivity contribution in [3.8, 4) is 0 Å². The van der Waals surface area contributed by atoms with E-state index in [1.165, 1.54) is 0 Å². The molecule has 1 rings (SSSR count). The molecule has 0 aromatic heterocycles. The van der Waals surface area contributed by atoms with Gasteiger partial charge < -0.3 is 5.32 Å². The molecule has 1 aromatic carbocycles. The van der Waals surface area contributed by atoms with E-state index in [4.69, 9.17) is 11.6 Å². The number of amides is 1. The van der Waals surface area contributed by atoms with Crippen molar-refractivity contribution in [2.75, 3.05) is 10.6 Å². The van der Waals surface area contributed by atoms with Crippen LogP contribution in [0.1, 0.15) is 34.1 Å². The van der Waals surface area contributed by atoms with E-state index in [9.17, 15) is 13.2 Å². The summed E-state index contributed by atoms with van der Waals surface area (Å²) in [5.74, 6) is -0.0345. The average molecular weight is 361 g/mol. The summed E-state index contributed by atoms with van der Waals surface area (Å²) in [5.41, 5.74) is 0.427. The summed E-state index contributed by atoms with van der Waals surface area (Å²) in [7, 11) is -3.61. The molecule has 1 N–H and O–H groups in total. The summed E-state index contributed by atoms with van der Waals surface area (Å²) in [4.78, 5) is 12.6. The van der Waals surface area contributed by atoms with Crippen molar-refractivity contribution in [2.24, 2.45) is 5.92 Å². The van der Waals surface area contributed by atoms with Crippen molar-refractivity contribution in [1.29, 1.82) is 0 Å². The van der Waals surface area contributed by atoms with Gasteiger partial charge in [0.25, 0.3) is 0 Å². The molecule has 130 valence electrons. The van der Waals surface area contributed by atoms with Gasteiger partial charge in [-0.1, -0.05) is 32.4 Å². The summed E-state index contributed by atoms with van der Waals surface area (Å²) >= 11 is 5.86. The molecule has 0 aliphatic heterocycles. The molecule has 1 amide bonds. The first-order valence-corrected chi connectivity index (χ1v) is 9.85. The number of hydrogen-bond acceptors (Lipinski definition) is 3. The standard InChI is InChI=1S/C16H25ClN2O3S/c1-6-15(16(20)18-12(4)11(2)3)19(23(5,21)22)14-9-7-13(17)8-10-14/h7-12,15H,6H2,1-5H3,(H,18,20)/t12-,15+/m1/s1. The van der Waals surface area contributed by atoms with Gasteiger partial charge in [-0.15, -0.1) is 0 Å². The average Bonchev–Trinajstić information content (AvgIpc) is 2.44. The molecular weight excluding hydrogens is 336 g/mol. The van der Waals surface area contributed by atoms with Gasteiger partial charge in [0, 0.05) is 11.1 Å². The van der Waals surface area contributed by atoms with Crippen LogP contribution in [-0.4, -0.2) is 32.7 Å². The lowest BCUT2D eigenvalue weighted by atomic mass is 10.1. The van der Waals surface area contributed by atoms with Gasteiger partial charge in [0.1, 0.15) is 6.04 Å². The molecule has 0 radical (unpaired) electrons. The largest absolute Gasteiger partial charge is 0.352 e. The maximum Gasteiger partial charge on any atom is 0.244 e. The number of halogens is 1. The molecule has 1 aromatic rings. The van der Waals surface area contributed by atoms with Crippen LogP contribution in [0.15, 0.2) is 24.3 Å². The van der Waals surface area contributed by atoms with E-state index in [1.54, 1.807) is 31.2 Å². The van der Waals surface area contributed by atoms with Crippen molar-refractivity contribution < 1.29 is 13.2 Å². The van der Waals surface area contributed by atoms with E-state index in [1.807, 2.05) is 20.8 Å². The molecule has 0 unspecified atom stereocenters. The maximum atomic E-state index is 12.6. The highest BCUT2D eigenvalue weighted by Crippen LogP contribution is 2.24. The molecule has 0 bridgehead atoms. The summed E-state index contributed by atoms with van der Waals surface area (Å²) in [6, 6.07) is 5.58.